The molecule has 0 amide bonds. The molecule has 1 N–H and O–H groups in total. The molecule has 0 saturated carbocycles. The Kier molecular flexibility index (Phi) is 9.23. The van der Waals surface area contributed by atoms with Crippen molar-refractivity contribution in [2.75, 3.05) is 37.7 Å². The predicted octanol–water partition coefficient (Wildman–Crippen LogP) is 7.96. The molecule has 5 aromatic rings. The maximum Gasteiger partial charge on any atom is 0.341 e. The van der Waals surface area contributed by atoms with Crippen LogP contribution >= 0.6 is 11.6 Å². The first-order valence-corrected chi connectivity index (χ1v) is 15.7. The highest BCUT2D eigenvalue weighted by Crippen LogP contribution is 2.33. The summed E-state index contributed by atoms with van der Waals surface area (Å²) in [5.74, 6) is 1.34. The van der Waals surface area contributed by atoms with Gasteiger partial charge >= 0.3 is 5.97 Å². The molecule has 0 unspecified atom stereocenters. The third-order valence-electron chi connectivity index (χ3n) is 7.82. The number of fused-ring (bicyclic) bond motifs is 1. The molecule has 0 spiro atoms. The third-order valence-corrected chi connectivity index (χ3v) is 8.07. The molecule has 2 aromatic heterocycles. The van der Waals surface area contributed by atoms with Gasteiger partial charge in [0, 0.05) is 78.9 Å². The van der Waals surface area contributed by atoms with E-state index in [9.17, 15) is 4.79 Å². The summed E-state index contributed by atoms with van der Waals surface area (Å²) in [4.78, 5) is 25.4. The quantitative estimate of drug-likeness (QED) is 0.158. The van der Waals surface area contributed by atoms with Gasteiger partial charge in [0.1, 0.15) is 17.1 Å². The summed E-state index contributed by atoms with van der Waals surface area (Å²) in [7, 11) is 0. The average molecular weight is 625 g/mol. The number of benzene rings is 3. The second kappa shape index (κ2) is 13.6. The molecule has 1 aliphatic rings. The number of hydrogen-bond donors (Lipinski definition) is 1. The van der Waals surface area contributed by atoms with E-state index < -0.39 is 5.97 Å². The molecular formula is C36H37ClN4O4. The fourth-order valence-electron chi connectivity index (χ4n) is 5.59. The third kappa shape index (κ3) is 7.24. The van der Waals surface area contributed by atoms with E-state index in [0.29, 0.717) is 34.6 Å². The number of nitrogens with zero attached hydrogens (tertiary/aromatic N) is 3. The zero-order chi connectivity index (χ0) is 31.3. The Morgan fingerprint density at radius 3 is 2.53 bits per heavy atom. The Bertz CT molecular complexity index is 1780. The lowest BCUT2D eigenvalue weighted by atomic mass is 10.0. The zero-order valence-corrected chi connectivity index (χ0v) is 26.5. The van der Waals surface area contributed by atoms with E-state index in [-0.39, 0.29) is 6.10 Å². The Morgan fingerprint density at radius 1 is 0.978 bits per heavy atom. The topological polar surface area (TPSA) is 79.9 Å². The predicted molar refractivity (Wildman–Crippen MR) is 179 cm³/mol. The molecule has 9 heteroatoms. The number of pyridine rings is 1. The zero-order valence-electron chi connectivity index (χ0n) is 25.8. The summed E-state index contributed by atoms with van der Waals surface area (Å²) in [5.41, 5.74) is 5.73. The van der Waals surface area contributed by atoms with Crippen LogP contribution in [0.2, 0.25) is 5.02 Å². The number of hydrogen-bond acceptors (Lipinski definition) is 7. The maximum atomic E-state index is 12.8. The monoisotopic (exact) mass is 624 g/mol. The van der Waals surface area contributed by atoms with Gasteiger partial charge in [-0.15, -0.1) is 0 Å². The van der Waals surface area contributed by atoms with E-state index in [1.54, 1.807) is 13.0 Å². The second-order valence-electron chi connectivity index (χ2n) is 11.3. The summed E-state index contributed by atoms with van der Waals surface area (Å²) in [6.07, 6.45) is 3.86. The van der Waals surface area contributed by atoms with E-state index in [4.69, 9.17) is 25.8 Å². The molecule has 3 aromatic carbocycles. The van der Waals surface area contributed by atoms with Gasteiger partial charge < -0.3 is 24.1 Å². The van der Waals surface area contributed by atoms with Gasteiger partial charge in [0.25, 0.3) is 0 Å². The molecule has 0 radical (unpaired) electrons. The molecule has 0 aliphatic carbocycles. The molecule has 1 fully saturated rings. The lowest BCUT2D eigenvalue weighted by Gasteiger charge is -2.36. The second-order valence-corrected chi connectivity index (χ2v) is 11.8. The van der Waals surface area contributed by atoms with Gasteiger partial charge in [0.15, 0.2) is 0 Å². The molecule has 6 rings (SSSR count). The molecule has 0 atom stereocenters. The number of aromatic amines is 1. The minimum absolute atomic E-state index is 0.0367. The number of H-pyrrole nitrogens is 1. The van der Waals surface area contributed by atoms with Gasteiger partial charge in [0.2, 0.25) is 5.88 Å². The molecule has 45 heavy (non-hydrogen) atoms. The lowest BCUT2D eigenvalue weighted by Crippen LogP contribution is -2.46. The average Bonchev–Trinajstić information content (AvgIpc) is 3.50. The molecule has 1 saturated heterocycles. The highest BCUT2D eigenvalue weighted by atomic mass is 35.5. The molecule has 0 bridgehead atoms. The van der Waals surface area contributed by atoms with Crippen molar-refractivity contribution in [3.8, 4) is 28.5 Å². The van der Waals surface area contributed by atoms with Crippen molar-refractivity contribution >= 4 is 34.2 Å². The highest BCUT2D eigenvalue weighted by Gasteiger charge is 2.22. The summed E-state index contributed by atoms with van der Waals surface area (Å²) in [5, 5.41) is 1.74. The van der Waals surface area contributed by atoms with E-state index in [0.717, 1.165) is 66.0 Å². The fraction of sp³-hybridized carbons (Fsp3) is 0.278. The van der Waals surface area contributed by atoms with Gasteiger partial charge in [-0.3, -0.25) is 4.90 Å². The van der Waals surface area contributed by atoms with Crippen LogP contribution in [-0.4, -0.2) is 59.7 Å². The van der Waals surface area contributed by atoms with Crippen molar-refractivity contribution in [3.63, 3.8) is 0 Å². The summed E-state index contributed by atoms with van der Waals surface area (Å²) < 4.78 is 17.5. The number of piperazine rings is 1. The number of nitrogens with one attached hydrogen (secondary N) is 1. The first kappa shape index (κ1) is 30.5. The van der Waals surface area contributed by atoms with Crippen LogP contribution in [0.15, 0.2) is 85.2 Å². The van der Waals surface area contributed by atoms with Gasteiger partial charge in [-0.05, 0) is 86.0 Å². The minimum Gasteiger partial charge on any atom is -0.475 e. The van der Waals surface area contributed by atoms with Crippen molar-refractivity contribution in [2.24, 2.45) is 0 Å². The first-order valence-electron chi connectivity index (χ1n) is 15.3. The van der Waals surface area contributed by atoms with Crippen molar-refractivity contribution in [1.82, 2.24) is 14.9 Å². The van der Waals surface area contributed by atoms with Crippen molar-refractivity contribution in [2.45, 2.75) is 33.4 Å². The Hall–Kier alpha value is -4.53. The van der Waals surface area contributed by atoms with Crippen molar-refractivity contribution in [3.05, 3.63) is 101 Å². The maximum absolute atomic E-state index is 12.8. The van der Waals surface area contributed by atoms with Crippen LogP contribution in [0.3, 0.4) is 0 Å². The number of anilines is 1. The number of carbonyl (C=O) groups is 1. The van der Waals surface area contributed by atoms with Crippen LogP contribution in [-0.2, 0) is 11.3 Å². The van der Waals surface area contributed by atoms with Crippen molar-refractivity contribution in [1.29, 1.82) is 0 Å². The fourth-order valence-corrected chi connectivity index (χ4v) is 5.72. The molecule has 3 heterocycles. The van der Waals surface area contributed by atoms with Crippen LogP contribution in [0.1, 0.15) is 36.7 Å². The molecular weight excluding hydrogens is 588 g/mol. The first-order chi connectivity index (χ1) is 21.9. The smallest absolute Gasteiger partial charge is 0.341 e. The van der Waals surface area contributed by atoms with Gasteiger partial charge in [-0.2, -0.15) is 0 Å². The highest BCUT2D eigenvalue weighted by molar-refractivity contribution is 6.30. The van der Waals surface area contributed by atoms with Crippen molar-refractivity contribution < 1.29 is 19.0 Å². The Labute approximate surface area is 268 Å². The number of aromatic nitrogens is 2. The van der Waals surface area contributed by atoms with Crippen LogP contribution in [0.4, 0.5) is 5.69 Å². The lowest BCUT2D eigenvalue weighted by molar-refractivity contribution is 0.0523. The Morgan fingerprint density at radius 2 is 1.78 bits per heavy atom. The normalized spacial score (nSPS) is 13.8. The van der Waals surface area contributed by atoms with Gasteiger partial charge in [0.05, 0.1) is 12.7 Å². The van der Waals surface area contributed by atoms with Gasteiger partial charge in [-0.1, -0.05) is 23.7 Å². The SMILES string of the molecule is CCOC(=O)c1ccc(N2CCN(Cc3cnc(OC(C)C)cc3-c3ccc(Cl)cc3)CC2)cc1Oc1ccc2[nH]ccc2c1. The number of rotatable bonds is 10. The summed E-state index contributed by atoms with van der Waals surface area (Å²) in [6, 6.07) is 23.4. The number of esters is 1. The number of carbonyl (C=O) groups excluding carboxylic acids is 1. The number of ether oxygens (including phenoxy) is 3. The van der Waals surface area contributed by atoms with Crippen LogP contribution in [0, 0.1) is 0 Å². The molecule has 8 nitrogen and oxygen atoms in total. The standard InChI is InChI=1S/C36H37ClN4O4/c1-4-43-36(42)31-11-9-29(20-34(31)45-30-10-12-33-26(19-30)13-14-38-33)41-17-15-40(16-18-41)23-27-22-39-35(44-24(2)3)21-32(27)25-5-7-28(37)8-6-25/h5-14,19-22,24,38H,4,15-18,23H2,1-3H3. The number of halogens is 1. The molecule has 1 aliphatic heterocycles. The Balaban J connectivity index is 1.18. The molecule has 232 valence electrons. The van der Waals surface area contributed by atoms with E-state index in [2.05, 4.69) is 19.8 Å². The summed E-state index contributed by atoms with van der Waals surface area (Å²) >= 11 is 6.18. The van der Waals surface area contributed by atoms with E-state index >= 15 is 0 Å². The largest absolute Gasteiger partial charge is 0.475 e. The summed E-state index contributed by atoms with van der Waals surface area (Å²) in [6.45, 7) is 10.2. The van der Waals surface area contributed by atoms with E-state index in [1.165, 1.54) is 0 Å². The minimum atomic E-state index is -0.401. The van der Waals surface area contributed by atoms with Crippen LogP contribution in [0.5, 0.6) is 17.4 Å². The van der Waals surface area contributed by atoms with E-state index in [1.807, 2.05) is 93.0 Å². The van der Waals surface area contributed by atoms with Crippen LogP contribution < -0.4 is 14.4 Å². The van der Waals surface area contributed by atoms with Gasteiger partial charge in [-0.25, -0.2) is 9.78 Å². The van der Waals surface area contributed by atoms with Crippen LogP contribution in [0.25, 0.3) is 22.0 Å².